The molecule has 1 fully saturated rings. The fourth-order valence-electron chi connectivity index (χ4n) is 2.32. The molecule has 0 spiro atoms. The first kappa shape index (κ1) is 12.1. The predicted molar refractivity (Wildman–Crippen MR) is 64.6 cm³/mol. The fraction of sp³-hybridized carbons (Fsp3) is 0.667. The zero-order valence-electron chi connectivity index (χ0n) is 10.4. The van der Waals surface area contributed by atoms with Gasteiger partial charge in [-0.2, -0.15) is 5.10 Å². The maximum atomic E-state index is 11.8. The van der Waals surface area contributed by atoms with E-state index >= 15 is 0 Å². The molecule has 0 saturated heterocycles. The largest absolute Gasteiger partial charge is 0.389 e. The Morgan fingerprint density at radius 2 is 2.24 bits per heavy atom. The van der Waals surface area contributed by atoms with Gasteiger partial charge in [0.25, 0.3) is 0 Å². The Morgan fingerprint density at radius 3 is 2.76 bits per heavy atom. The Morgan fingerprint density at radius 1 is 1.59 bits per heavy atom. The minimum atomic E-state index is -0.798. The molecule has 94 valence electrons. The Hall–Kier alpha value is -1.36. The van der Waals surface area contributed by atoms with E-state index in [4.69, 9.17) is 0 Å². The maximum Gasteiger partial charge on any atom is 0.228 e. The van der Waals surface area contributed by atoms with E-state index < -0.39 is 5.60 Å². The number of carbonyl (C=O) groups excluding carboxylic acids is 1. The van der Waals surface area contributed by atoms with Crippen LogP contribution in [0.3, 0.4) is 0 Å². The zero-order valence-corrected chi connectivity index (χ0v) is 10.4. The number of carbonyl (C=O) groups is 1. The number of nitrogens with one attached hydrogen (secondary N) is 1. The number of hydrogen-bond acceptors (Lipinski definition) is 3. The molecular formula is C12H19N3O2. The van der Waals surface area contributed by atoms with Crippen molar-refractivity contribution in [2.75, 3.05) is 5.32 Å². The minimum absolute atomic E-state index is 0.160. The van der Waals surface area contributed by atoms with Crippen molar-refractivity contribution in [1.82, 2.24) is 9.78 Å². The van der Waals surface area contributed by atoms with E-state index in [1.54, 1.807) is 4.68 Å². The van der Waals surface area contributed by atoms with Crippen molar-refractivity contribution in [2.45, 2.75) is 44.6 Å². The number of amides is 1. The molecule has 1 aromatic rings. The first-order chi connectivity index (χ1) is 7.98. The Labute approximate surface area is 101 Å². The highest BCUT2D eigenvalue weighted by Crippen LogP contribution is 2.32. The molecule has 0 unspecified atom stereocenters. The van der Waals surface area contributed by atoms with Gasteiger partial charge in [0.1, 0.15) is 0 Å². The first-order valence-corrected chi connectivity index (χ1v) is 6.01. The van der Waals surface area contributed by atoms with Crippen LogP contribution in [0.2, 0.25) is 0 Å². The van der Waals surface area contributed by atoms with Gasteiger partial charge in [0.15, 0.2) is 5.82 Å². The molecule has 0 bridgehead atoms. The number of anilines is 1. The average Bonchev–Trinajstić information content (AvgIpc) is 2.75. The molecular weight excluding hydrogens is 218 g/mol. The van der Waals surface area contributed by atoms with E-state index in [0.717, 1.165) is 31.4 Å². The lowest BCUT2D eigenvalue weighted by Crippen LogP contribution is -2.30. The second-order valence-corrected chi connectivity index (χ2v) is 4.95. The summed E-state index contributed by atoms with van der Waals surface area (Å²) in [5, 5.41) is 17.0. The molecule has 1 aliphatic rings. The van der Waals surface area contributed by atoms with Crippen molar-refractivity contribution in [3.63, 3.8) is 0 Å². The Bertz CT molecular complexity index is 400. The Kier molecular flexibility index (Phi) is 3.19. The summed E-state index contributed by atoms with van der Waals surface area (Å²) in [6.45, 7) is 1.92. The summed E-state index contributed by atoms with van der Waals surface area (Å²) in [4.78, 5) is 11.8. The molecule has 0 aromatic carbocycles. The monoisotopic (exact) mass is 237 g/mol. The van der Waals surface area contributed by atoms with Gasteiger partial charge in [-0.15, -0.1) is 0 Å². The summed E-state index contributed by atoms with van der Waals surface area (Å²) in [6, 6.07) is 1.82. The summed E-state index contributed by atoms with van der Waals surface area (Å²) in [5.74, 6) is 0.393. The lowest BCUT2D eigenvalue weighted by Gasteiger charge is -2.20. The third kappa shape index (κ3) is 2.85. The summed E-state index contributed by atoms with van der Waals surface area (Å²) >= 11 is 0. The van der Waals surface area contributed by atoms with E-state index in [1.165, 1.54) is 0 Å². The number of aromatic nitrogens is 2. The van der Waals surface area contributed by atoms with Crippen LogP contribution in [0, 0.1) is 6.92 Å². The molecule has 1 saturated carbocycles. The van der Waals surface area contributed by atoms with Crippen molar-refractivity contribution in [3.8, 4) is 0 Å². The fourth-order valence-corrected chi connectivity index (χ4v) is 2.32. The van der Waals surface area contributed by atoms with Gasteiger partial charge < -0.3 is 10.4 Å². The molecule has 2 N–H and O–H groups in total. The van der Waals surface area contributed by atoms with Crippen molar-refractivity contribution < 1.29 is 9.90 Å². The lowest BCUT2D eigenvalue weighted by atomic mass is 9.98. The molecule has 1 aliphatic carbocycles. The molecule has 0 radical (unpaired) electrons. The van der Waals surface area contributed by atoms with Gasteiger partial charge >= 0.3 is 0 Å². The molecule has 1 heterocycles. The Balaban J connectivity index is 1.93. The summed E-state index contributed by atoms with van der Waals surface area (Å²) in [7, 11) is 1.83. The van der Waals surface area contributed by atoms with E-state index in [2.05, 4.69) is 10.4 Å². The molecule has 1 amide bonds. The maximum absolute atomic E-state index is 11.8. The second-order valence-electron chi connectivity index (χ2n) is 4.95. The van der Waals surface area contributed by atoms with Crippen LogP contribution in [0.15, 0.2) is 6.07 Å². The van der Waals surface area contributed by atoms with Crippen LogP contribution in [0.5, 0.6) is 0 Å². The third-order valence-electron chi connectivity index (χ3n) is 3.41. The molecule has 17 heavy (non-hydrogen) atoms. The predicted octanol–water partition coefficient (Wildman–Crippen LogP) is 1.36. The number of rotatable bonds is 3. The number of aliphatic hydroxyl groups is 1. The van der Waals surface area contributed by atoms with Gasteiger partial charge in [0.05, 0.1) is 12.0 Å². The summed E-state index contributed by atoms with van der Waals surface area (Å²) < 4.78 is 1.71. The molecule has 2 rings (SSSR count). The van der Waals surface area contributed by atoms with E-state index in [-0.39, 0.29) is 12.3 Å². The number of aryl methyl sites for hydroxylation is 2. The number of nitrogens with zero attached hydrogens (tertiary/aromatic N) is 2. The van der Waals surface area contributed by atoms with Crippen molar-refractivity contribution in [2.24, 2.45) is 7.05 Å². The third-order valence-corrected chi connectivity index (χ3v) is 3.41. The van der Waals surface area contributed by atoms with Gasteiger partial charge in [0, 0.05) is 18.8 Å². The highest BCUT2D eigenvalue weighted by molar-refractivity contribution is 5.90. The van der Waals surface area contributed by atoms with E-state index in [1.807, 2.05) is 20.0 Å². The lowest BCUT2D eigenvalue weighted by molar-refractivity contribution is -0.120. The number of hydrogen-bond donors (Lipinski definition) is 2. The average molecular weight is 237 g/mol. The quantitative estimate of drug-likeness (QED) is 0.834. The topological polar surface area (TPSA) is 67.2 Å². The zero-order chi connectivity index (χ0) is 12.5. The van der Waals surface area contributed by atoms with E-state index in [0.29, 0.717) is 5.82 Å². The standard InChI is InChI=1S/C12H19N3O2/c1-9-7-10(14-15(9)2)13-11(16)8-12(17)5-3-4-6-12/h7,17H,3-6,8H2,1-2H3,(H,13,14,16). The van der Waals surface area contributed by atoms with Crippen molar-refractivity contribution >= 4 is 11.7 Å². The highest BCUT2D eigenvalue weighted by atomic mass is 16.3. The van der Waals surface area contributed by atoms with Gasteiger partial charge in [-0.05, 0) is 19.8 Å². The summed E-state index contributed by atoms with van der Waals surface area (Å²) in [5.41, 5.74) is 0.188. The van der Waals surface area contributed by atoms with Crippen molar-refractivity contribution in [3.05, 3.63) is 11.8 Å². The minimum Gasteiger partial charge on any atom is -0.389 e. The van der Waals surface area contributed by atoms with Crippen LogP contribution >= 0.6 is 0 Å². The smallest absolute Gasteiger partial charge is 0.228 e. The normalized spacial score (nSPS) is 18.3. The van der Waals surface area contributed by atoms with Crippen LogP contribution in [0.4, 0.5) is 5.82 Å². The SMILES string of the molecule is Cc1cc(NC(=O)CC2(O)CCCC2)nn1C. The van der Waals surface area contributed by atoms with E-state index in [9.17, 15) is 9.90 Å². The first-order valence-electron chi connectivity index (χ1n) is 6.01. The van der Waals surface area contributed by atoms with Crippen LogP contribution in [0.25, 0.3) is 0 Å². The van der Waals surface area contributed by atoms with Gasteiger partial charge in [-0.3, -0.25) is 9.48 Å². The second kappa shape index (κ2) is 4.49. The van der Waals surface area contributed by atoms with Crippen LogP contribution < -0.4 is 5.32 Å². The van der Waals surface area contributed by atoms with Gasteiger partial charge in [-0.25, -0.2) is 0 Å². The molecule has 5 nitrogen and oxygen atoms in total. The van der Waals surface area contributed by atoms with Crippen LogP contribution in [-0.4, -0.2) is 26.4 Å². The molecule has 0 aliphatic heterocycles. The highest BCUT2D eigenvalue weighted by Gasteiger charge is 2.33. The van der Waals surface area contributed by atoms with Crippen molar-refractivity contribution in [1.29, 1.82) is 0 Å². The van der Waals surface area contributed by atoms with Crippen LogP contribution in [0.1, 0.15) is 37.8 Å². The molecule has 0 atom stereocenters. The van der Waals surface area contributed by atoms with Crippen LogP contribution in [-0.2, 0) is 11.8 Å². The molecule has 5 heteroatoms. The van der Waals surface area contributed by atoms with Gasteiger partial charge in [0.2, 0.25) is 5.91 Å². The molecule has 1 aromatic heterocycles. The van der Waals surface area contributed by atoms with Gasteiger partial charge in [-0.1, -0.05) is 12.8 Å². The summed E-state index contributed by atoms with van der Waals surface area (Å²) in [6.07, 6.45) is 3.63.